The molecule has 0 fully saturated rings. The van der Waals surface area contributed by atoms with Gasteiger partial charge in [0.05, 0.1) is 5.69 Å². The number of benzene rings is 1. The Morgan fingerprint density at radius 1 is 1.10 bits per heavy atom. The summed E-state index contributed by atoms with van der Waals surface area (Å²) in [6.07, 6.45) is 1.80. The molecule has 1 aromatic heterocycles. The van der Waals surface area contributed by atoms with E-state index in [4.69, 9.17) is 0 Å². The molecular weight excluding hydrogens is 253 g/mol. The van der Waals surface area contributed by atoms with E-state index in [0.717, 1.165) is 47.8 Å². The average molecular weight is 273 g/mol. The molecule has 1 aromatic carbocycles. The molecule has 0 bridgehead atoms. The van der Waals surface area contributed by atoms with E-state index in [2.05, 4.69) is 22.2 Å². The van der Waals surface area contributed by atoms with Crippen LogP contribution in [0.2, 0.25) is 0 Å². The highest BCUT2D eigenvalue weighted by Gasteiger charge is 2.08. The van der Waals surface area contributed by atoms with Gasteiger partial charge in [-0.15, -0.1) is 0 Å². The average Bonchev–Trinajstić information content (AvgIpc) is 2.38. The second kappa shape index (κ2) is 6.46. The van der Waals surface area contributed by atoms with Gasteiger partial charge >= 0.3 is 0 Å². The number of aromatic nitrogens is 2. The third-order valence-corrected chi connectivity index (χ3v) is 2.94. The summed E-state index contributed by atoms with van der Waals surface area (Å²) >= 11 is 0. The number of hydrogen-bond donors (Lipinski definition) is 1. The van der Waals surface area contributed by atoms with Crippen molar-refractivity contribution in [2.24, 2.45) is 0 Å². The Morgan fingerprint density at radius 3 is 2.55 bits per heavy atom. The number of nitrogens with one attached hydrogen (secondary N) is 1. The maximum absolute atomic E-state index is 13.6. The second-order valence-electron chi connectivity index (χ2n) is 4.85. The predicted molar refractivity (Wildman–Crippen MR) is 80.3 cm³/mol. The van der Waals surface area contributed by atoms with Crippen molar-refractivity contribution in [1.29, 1.82) is 0 Å². The van der Waals surface area contributed by atoms with Crippen LogP contribution in [0.4, 0.5) is 10.2 Å². The first kappa shape index (κ1) is 14.4. The molecule has 0 spiro atoms. The minimum Gasteiger partial charge on any atom is -0.370 e. The molecule has 2 rings (SSSR count). The molecule has 1 N–H and O–H groups in total. The smallest absolute Gasteiger partial charge is 0.131 e. The van der Waals surface area contributed by atoms with E-state index in [9.17, 15) is 4.39 Å². The van der Waals surface area contributed by atoms with E-state index in [1.54, 1.807) is 0 Å². The molecule has 0 unspecified atom stereocenters. The van der Waals surface area contributed by atoms with Gasteiger partial charge in [-0.05, 0) is 44.0 Å². The summed E-state index contributed by atoms with van der Waals surface area (Å²) in [4.78, 5) is 9.01. The number of halogens is 1. The van der Waals surface area contributed by atoms with E-state index in [0.29, 0.717) is 0 Å². The summed E-state index contributed by atoms with van der Waals surface area (Å²) in [7, 11) is 0. The minimum absolute atomic E-state index is 0.236. The van der Waals surface area contributed by atoms with Gasteiger partial charge in [-0.3, -0.25) is 0 Å². The molecule has 0 aliphatic heterocycles. The molecule has 2 aromatic rings. The largest absolute Gasteiger partial charge is 0.370 e. The van der Waals surface area contributed by atoms with Crippen LogP contribution in [0.3, 0.4) is 0 Å². The van der Waals surface area contributed by atoms with Crippen LogP contribution in [0, 0.1) is 12.7 Å². The van der Waals surface area contributed by atoms with Crippen molar-refractivity contribution in [1.82, 2.24) is 9.97 Å². The second-order valence-corrected chi connectivity index (χ2v) is 4.85. The first-order chi connectivity index (χ1) is 9.62. The van der Waals surface area contributed by atoms with Gasteiger partial charge in [0.1, 0.15) is 17.5 Å². The predicted octanol–water partition coefficient (Wildman–Crippen LogP) is 3.98. The molecule has 0 saturated heterocycles. The molecule has 3 nitrogen and oxygen atoms in total. The van der Waals surface area contributed by atoms with Gasteiger partial charge < -0.3 is 5.32 Å². The minimum atomic E-state index is -0.236. The highest BCUT2D eigenvalue weighted by Crippen LogP contribution is 2.22. The van der Waals surface area contributed by atoms with Gasteiger partial charge in [-0.2, -0.15) is 0 Å². The van der Waals surface area contributed by atoms with Crippen LogP contribution in [0.25, 0.3) is 11.3 Å². The van der Waals surface area contributed by atoms with Gasteiger partial charge in [0.15, 0.2) is 0 Å². The Bertz CT molecular complexity index is 552. The van der Waals surface area contributed by atoms with Gasteiger partial charge in [0.2, 0.25) is 0 Å². The Labute approximate surface area is 119 Å². The molecule has 0 atom stereocenters. The summed E-state index contributed by atoms with van der Waals surface area (Å²) in [5.41, 5.74) is 2.45. The lowest BCUT2D eigenvalue weighted by atomic mass is 10.1. The van der Waals surface area contributed by atoms with Crippen LogP contribution in [0.1, 0.15) is 31.7 Å². The number of anilines is 1. The zero-order valence-electron chi connectivity index (χ0n) is 12.2. The summed E-state index contributed by atoms with van der Waals surface area (Å²) < 4.78 is 13.6. The molecule has 20 heavy (non-hydrogen) atoms. The van der Waals surface area contributed by atoms with Crippen molar-refractivity contribution in [3.8, 4) is 11.3 Å². The number of aryl methyl sites for hydroxylation is 2. The summed E-state index contributed by atoms with van der Waals surface area (Å²) in [5, 5.41) is 3.20. The highest BCUT2D eigenvalue weighted by molar-refractivity contribution is 5.63. The van der Waals surface area contributed by atoms with E-state index < -0.39 is 0 Å². The van der Waals surface area contributed by atoms with Crippen LogP contribution in [-0.4, -0.2) is 16.5 Å². The SMILES string of the molecule is CCCc1nc(NCC)cc(-c2cc(C)cc(F)c2)n1. The first-order valence-electron chi connectivity index (χ1n) is 7.01. The van der Waals surface area contributed by atoms with Crippen molar-refractivity contribution in [2.75, 3.05) is 11.9 Å². The number of nitrogens with zero attached hydrogens (tertiary/aromatic N) is 2. The summed E-state index contributed by atoms with van der Waals surface area (Å²) in [6, 6.07) is 6.84. The zero-order chi connectivity index (χ0) is 14.5. The maximum atomic E-state index is 13.6. The Morgan fingerprint density at radius 2 is 1.90 bits per heavy atom. The fourth-order valence-corrected chi connectivity index (χ4v) is 2.14. The zero-order valence-corrected chi connectivity index (χ0v) is 12.2. The first-order valence-corrected chi connectivity index (χ1v) is 7.01. The third-order valence-electron chi connectivity index (χ3n) is 2.94. The number of rotatable bonds is 5. The molecule has 4 heteroatoms. The van der Waals surface area contributed by atoms with Gasteiger partial charge in [-0.1, -0.05) is 6.92 Å². The van der Waals surface area contributed by atoms with Gasteiger partial charge in [0.25, 0.3) is 0 Å². The molecule has 0 amide bonds. The quantitative estimate of drug-likeness (QED) is 0.895. The molecule has 0 radical (unpaired) electrons. The standard InChI is InChI=1S/C16H20FN3/c1-4-6-15-19-14(10-16(20-15)18-5-2)12-7-11(3)8-13(17)9-12/h7-10H,4-6H2,1-3H3,(H,18,19,20). The van der Waals surface area contributed by atoms with E-state index >= 15 is 0 Å². The van der Waals surface area contributed by atoms with Crippen molar-refractivity contribution >= 4 is 5.82 Å². The van der Waals surface area contributed by atoms with Gasteiger partial charge in [0, 0.05) is 24.6 Å². The summed E-state index contributed by atoms with van der Waals surface area (Å²) in [5.74, 6) is 1.35. The Kier molecular flexibility index (Phi) is 4.66. The summed E-state index contributed by atoms with van der Waals surface area (Å²) in [6.45, 7) is 6.79. The third kappa shape index (κ3) is 3.53. The van der Waals surface area contributed by atoms with Crippen LogP contribution >= 0.6 is 0 Å². The van der Waals surface area contributed by atoms with Crippen LogP contribution in [-0.2, 0) is 6.42 Å². The Balaban J connectivity index is 2.48. The molecule has 0 aliphatic rings. The molecule has 106 valence electrons. The van der Waals surface area contributed by atoms with E-state index in [1.807, 2.05) is 26.0 Å². The highest BCUT2D eigenvalue weighted by atomic mass is 19.1. The van der Waals surface area contributed by atoms with Crippen molar-refractivity contribution in [2.45, 2.75) is 33.6 Å². The van der Waals surface area contributed by atoms with Crippen molar-refractivity contribution in [3.05, 3.63) is 41.5 Å². The van der Waals surface area contributed by atoms with Crippen LogP contribution in [0.5, 0.6) is 0 Å². The Hall–Kier alpha value is -1.97. The molecule has 1 heterocycles. The van der Waals surface area contributed by atoms with E-state index in [1.165, 1.54) is 12.1 Å². The van der Waals surface area contributed by atoms with E-state index in [-0.39, 0.29) is 5.82 Å². The molecule has 0 saturated carbocycles. The monoisotopic (exact) mass is 273 g/mol. The lowest BCUT2D eigenvalue weighted by Gasteiger charge is -2.09. The van der Waals surface area contributed by atoms with Crippen molar-refractivity contribution in [3.63, 3.8) is 0 Å². The molecule has 0 aliphatic carbocycles. The normalized spacial score (nSPS) is 10.6. The molecular formula is C16H20FN3. The van der Waals surface area contributed by atoms with Crippen LogP contribution < -0.4 is 5.32 Å². The fourth-order valence-electron chi connectivity index (χ4n) is 2.14. The van der Waals surface area contributed by atoms with Crippen LogP contribution in [0.15, 0.2) is 24.3 Å². The number of hydrogen-bond acceptors (Lipinski definition) is 3. The maximum Gasteiger partial charge on any atom is 0.131 e. The lowest BCUT2D eigenvalue weighted by molar-refractivity contribution is 0.627. The lowest BCUT2D eigenvalue weighted by Crippen LogP contribution is -2.04. The van der Waals surface area contributed by atoms with Crippen molar-refractivity contribution < 1.29 is 4.39 Å². The van der Waals surface area contributed by atoms with Gasteiger partial charge in [-0.25, -0.2) is 14.4 Å². The topological polar surface area (TPSA) is 37.8 Å². The fraction of sp³-hybridized carbons (Fsp3) is 0.375.